The fraction of sp³-hybridized carbons (Fsp3) is 0.227. The van der Waals surface area contributed by atoms with Crippen LogP contribution < -0.4 is 4.90 Å². The summed E-state index contributed by atoms with van der Waals surface area (Å²) in [7, 11) is 0. The monoisotopic (exact) mass is 413 g/mol. The van der Waals surface area contributed by atoms with E-state index in [0.29, 0.717) is 17.8 Å². The van der Waals surface area contributed by atoms with Gasteiger partial charge in [0.05, 0.1) is 12.7 Å². The van der Waals surface area contributed by atoms with Crippen LogP contribution in [-0.4, -0.2) is 33.3 Å². The molecular weight excluding hydrogens is 392 g/mol. The first-order chi connectivity index (χ1) is 14.4. The molecule has 3 rings (SSSR count). The summed E-state index contributed by atoms with van der Waals surface area (Å²) in [5.41, 5.74) is 1.40. The van der Waals surface area contributed by atoms with Crippen LogP contribution in [0.5, 0.6) is 0 Å². The molecule has 1 N–H and O–H groups in total. The minimum Gasteiger partial charge on any atom is -0.481 e. The highest BCUT2D eigenvalue weighted by atomic mass is 19.1. The van der Waals surface area contributed by atoms with Gasteiger partial charge in [-0.1, -0.05) is 24.3 Å². The molecule has 1 aromatic heterocycles. The van der Waals surface area contributed by atoms with Gasteiger partial charge in [0.25, 0.3) is 0 Å². The summed E-state index contributed by atoms with van der Waals surface area (Å²) in [6.45, 7) is 2.16. The van der Waals surface area contributed by atoms with E-state index in [-0.39, 0.29) is 18.5 Å². The highest BCUT2D eigenvalue weighted by Crippen LogP contribution is 2.19. The molecule has 30 heavy (non-hydrogen) atoms. The zero-order chi connectivity index (χ0) is 21.7. The fourth-order valence-electron chi connectivity index (χ4n) is 3.20. The number of halogens is 2. The van der Waals surface area contributed by atoms with Crippen LogP contribution >= 0.6 is 0 Å². The number of carbonyl (C=O) groups excluding carboxylic acids is 1. The lowest BCUT2D eigenvalue weighted by molar-refractivity contribution is -0.146. The van der Waals surface area contributed by atoms with Crippen LogP contribution in [0.3, 0.4) is 0 Å². The van der Waals surface area contributed by atoms with Gasteiger partial charge in [0.15, 0.2) is 0 Å². The zero-order valence-corrected chi connectivity index (χ0v) is 16.3. The van der Waals surface area contributed by atoms with Crippen molar-refractivity contribution >= 4 is 17.6 Å². The van der Waals surface area contributed by atoms with E-state index in [1.54, 1.807) is 37.4 Å². The molecule has 0 saturated carbocycles. The van der Waals surface area contributed by atoms with Gasteiger partial charge in [-0.15, -0.1) is 0 Å². The third-order valence-corrected chi connectivity index (χ3v) is 4.72. The van der Waals surface area contributed by atoms with E-state index in [2.05, 4.69) is 5.10 Å². The molecule has 1 atom stereocenters. The molecule has 1 heterocycles. The maximum atomic E-state index is 13.8. The number of aliphatic carboxylic acids is 1. The predicted octanol–water partition coefficient (Wildman–Crippen LogP) is 3.51. The van der Waals surface area contributed by atoms with Gasteiger partial charge in [0.2, 0.25) is 5.91 Å². The average Bonchev–Trinajstić information content (AvgIpc) is 3.16. The molecular formula is C22H21F2N3O3. The summed E-state index contributed by atoms with van der Waals surface area (Å²) < 4.78 is 28.3. The van der Waals surface area contributed by atoms with Gasteiger partial charge in [-0.3, -0.25) is 14.3 Å². The summed E-state index contributed by atoms with van der Waals surface area (Å²) in [6, 6.07) is 12.1. The normalized spacial score (nSPS) is 11.8. The maximum absolute atomic E-state index is 13.8. The Morgan fingerprint density at radius 2 is 1.90 bits per heavy atom. The number of hydrogen-bond donors (Lipinski definition) is 1. The van der Waals surface area contributed by atoms with Crippen LogP contribution in [-0.2, 0) is 22.6 Å². The Hall–Kier alpha value is -3.55. The van der Waals surface area contributed by atoms with E-state index in [9.17, 15) is 23.5 Å². The standard InChI is InChI=1S/C22H21F2N3O3/c1-2-27(18-6-4-3-5-7-18)21(28)19(22(29)30)10-15-12-25-26(13-15)14-16-8-9-17(23)11-20(16)24/h3-9,11-13,19H,2,10,14H2,1H3,(H,29,30). The smallest absolute Gasteiger partial charge is 0.316 e. The maximum Gasteiger partial charge on any atom is 0.316 e. The van der Waals surface area contributed by atoms with Crippen LogP contribution in [0.2, 0.25) is 0 Å². The number of hydrogen-bond acceptors (Lipinski definition) is 3. The van der Waals surface area contributed by atoms with Crippen molar-refractivity contribution in [3.05, 3.63) is 83.7 Å². The molecule has 0 fully saturated rings. The highest BCUT2D eigenvalue weighted by molar-refractivity contribution is 6.05. The van der Waals surface area contributed by atoms with Gasteiger partial charge < -0.3 is 10.0 Å². The van der Waals surface area contributed by atoms with E-state index in [1.807, 2.05) is 6.07 Å². The lowest BCUT2D eigenvalue weighted by atomic mass is 9.99. The molecule has 0 aliphatic carbocycles. The molecule has 0 aliphatic rings. The molecule has 0 saturated heterocycles. The van der Waals surface area contributed by atoms with Gasteiger partial charge in [0.1, 0.15) is 17.6 Å². The van der Waals surface area contributed by atoms with Crippen LogP contribution in [0.1, 0.15) is 18.1 Å². The molecule has 3 aromatic rings. The Labute approximate surface area is 172 Å². The number of aromatic nitrogens is 2. The Morgan fingerprint density at radius 1 is 1.17 bits per heavy atom. The average molecular weight is 413 g/mol. The molecule has 0 aliphatic heterocycles. The van der Waals surface area contributed by atoms with Gasteiger partial charge >= 0.3 is 5.97 Å². The van der Waals surface area contributed by atoms with E-state index in [4.69, 9.17) is 0 Å². The van der Waals surface area contributed by atoms with Crippen molar-refractivity contribution in [2.75, 3.05) is 11.4 Å². The topological polar surface area (TPSA) is 75.4 Å². The number of carbonyl (C=O) groups is 2. The molecule has 0 spiro atoms. The molecule has 156 valence electrons. The minimum absolute atomic E-state index is 0.0522. The third-order valence-electron chi connectivity index (χ3n) is 4.72. The number of carboxylic acid groups (broad SMARTS) is 1. The van der Waals surface area contributed by atoms with Gasteiger partial charge in [-0.2, -0.15) is 5.10 Å². The fourth-order valence-corrected chi connectivity index (χ4v) is 3.20. The first-order valence-corrected chi connectivity index (χ1v) is 9.43. The van der Waals surface area contributed by atoms with Crippen molar-refractivity contribution in [3.63, 3.8) is 0 Å². The van der Waals surface area contributed by atoms with E-state index >= 15 is 0 Å². The second-order valence-electron chi connectivity index (χ2n) is 6.79. The molecule has 8 heteroatoms. The Balaban J connectivity index is 1.75. The van der Waals surface area contributed by atoms with E-state index in [1.165, 1.54) is 21.8 Å². The quantitative estimate of drug-likeness (QED) is 0.574. The Kier molecular flexibility index (Phi) is 6.56. The summed E-state index contributed by atoms with van der Waals surface area (Å²) >= 11 is 0. The zero-order valence-electron chi connectivity index (χ0n) is 16.3. The Bertz CT molecular complexity index is 1040. The molecule has 0 bridgehead atoms. The second-order valence-corrected chi connectivity index (χ2v) is 6.79. The van der Waals surface area contributed by atoms with Crippen LogP contribution in [0.4, 0.5) is 14.5 Å². The number of anilines is 1. The number of carboxylic acids is 1. The minimum atomic E-state index is -1.29. The molecule has 6 nitrogen and oxygen atoms in total. The molecule has 1 amide bonds. The van der Waals surface area contributed by atoms with Crippen molar-refractivity contribution in [2.24, 2.45) is 5.92 Å². The Morgan fingerprint density at radius 3 is 2.53 bits per heavy atom. The van der Waals surface area contributed by atoms with Crippen LogP contribution in [0, 0.1) is 17.6 Å². The summed E-state index contributed by atoms with van der Waals surface area (Å²) in [6.07, 6.45) is 2.96. The van der Waals surface area contributed by atoms with Crippen molar-refractivity contribution in [3.8, 4) is 0 Å². The number of amides is 1. The number of rotatable bonds is 8. The lowest BCUT2D eigenvalue weighted by Gasteiger charge is -2.24. The first-order valence-electron chi connectivity index (χ1n) is 9.43. The van der Waals surface area contributed by atoms with Crippen LogP contribution in [0.15, 0.2) is 60.9 Å². The second kappa shape index (κ2) is 9.30. The van der Waals surface area contributed by atoms with Gasteiger partial charge in [-0.25, -0.2) is 8.78 Å². The lowest BCUT2D eigenvalue weighted by Crippen LogP contribution is -2.40. The molecule has 1 unspecified atom stereocenters. The number of nitrogens with zero attached hydrogens (tertiary/aromatic N) is 3. The largest absolute Gasteiger partial charge is 0.481 e. The molecule has 2 aromatic carbocycles. The SMILES string of the molecule is CCN(C(=O)C(Cc1cnn(Cc2ccc(F)cc2F)c1)C(=O)O)c1ccccc1. The predicted molar refractivity (Wildman–Crippen MR) is 107 cm³/mol. The van der Waals surface area contributed by atoms with Gasteiger partial charge in [0, 0.05) is 30.1 Å². The van der Waals surface area contributed by atoms with Crippen molar-refractivity contribution < 1.29 is 23.5 Å². The van der Waals surface area contributed by atoms with Crippen LogP contribution in [0.25, 0.3) is 0 Å². The third kappa shape index (κ3) is 4.89. The number of benzene rings is 2. The van der Waals surface area contributed by atoms with Gasteiger partial charge in [-0.05, 0) is 37.1 Å². The first kappa shape index (κ1) is 21.2. The van der Waals surface area contributed by atoms with Crippen molar-refractivity contribution in [1.82, 2.24) is 9.78 Å². The summed E-state index contributed by atoms with van der Waals surface area (Å²) in [5, 5.41) is 13.7. The van der Waals surface area contributed by atoms with Crippen molar-refractivity contribution in [1.29, 1.82) is 0 Å². The highest BCUT2D eigenvalue weighted by Gasteiger charge is 2.31. The van der Waals surface area contributed by atoms with E-state index in [0.717, 1.165) is 12.1 Å². The van der Waals surface area contributed by atoms with E-state index < -0.39 is 29.4 Å². The number of para-hydroxylation sites is 1. The molecule has 0 radical (unpaired) electrons. The van der Waals surface area contributed by atoms with Crippen molar-refractivity contribution in [2.45, 2.75) is 19.9 Å². The summed E-state index contributed by atoms with van der Waals surface area (Å²) in [5.74, 6) is -4.39. The summed E-state index contributed by atoms with van der Waals surface area (Å²) in [4.78, 5) is 26.2.